The van der Waals surface area contributed by atoms with E-state index in [0.29, 0.717) is 0 Å². The molecule has 2 aliphatic rings. The van der Waals surface area contributed by atoms with E-state index in [-0.39, 0.29) is 0 Å². The number of halogens is 1. The van der Waals surface area contributed by atoms with Gasteiger partial charge in [-0.25, -0.2) is 0 Å². The molecule has 0 N–H and O–H groups in total. The monoisotopic (exact) mass is 350 g/mol. The van der Waals surface area contributed by atoms with Gasteiger partial charge < -0.3 is 0 Å². The van der Waals surface area contributed by atoms with E-state index in [1.165, 1.54) is 68.6 Å². The van der Waals surface area contributed by atoms with Gasteiger partial charge in [0.1, 0.15) is 0 Å². The van der Waals surface area contributed by atoms with Gasteiger partial charge in [0.25, 0.3) is 0 Å². The summed E-state index contributed by atoms with van der Waals surface area (Å²) in [4.78, 5) is 0. The molecule has 0 aromatic rings. The summed E-state index contributed by atoms with van der Waals surface area (Å²) in [5.41, 5.74) is 0. The first-order valence-corrected chi connectivity index (χ1v) is 16.4. The van der Waals surface area contributed by atoms with Crippen LogP contribution in [0, 0.1) is 0 Å². The first kappa shape index (κ1) is 13.5. The zero-order chi connectivity index (χ0) is 11.4. The van der Waals surface area contributed by atoms with Gasteiger partial charge in [-0.15, -0.1) is 0 Å². The maximum absolute atomic E-state index is 7.29. The minimum atomic E-state index is -2.27. The predicted molar refractivity (Wildman–Crippen MR) is 75.8 cm³/mol. The molecule has 2 saturated carbocycles. The molecule has 0 heterocycles. The van der Waals surface area contributed by atoms with Crippen molar-refractivity contribution in [3.63, 3.8) is 0 Å². The molecule has 0 saturated heterocycles. The van der Waals surface area contributed by atoms with E-state index in [2.05, 4.69) is 6.92 Å². The van der Waals surface area contributed by atoms with Crippen LogP contribution in [0.5, 0.6) is 0 Å². The number of rotatable bonds is 3. The summed E-state index contributed by atoms with van der Waals surface area (Å²) in [6.07, 6.45) is 14.8. The molecule has 0 radical (unpaired) electrons. The topological polar surface area (TPSA) is 0 Å². The molecule has 2 heteroatoms. The van der Waals surface area contributed by atoms with Crippen LogP contribution in [0.1, 0.15) is 71.1 Å². The third-order valence-corrected chi connectivity index (χ3v) is 25.2. The summed E-state index contributed by atoms with van der Waals surface area (Å²) >= 11 is -2.27. The molecule has 2 rings (SSSR count). The Hall–Kier alpha value is 1.09. The standard InChI is InChI=1S/2C6H11.C2H5.ClH.Sn/c2*1-2-4-6-5-3-1;1-2;;/h2*1H,2-6H2;1H2,2H3;1H;/q;;;;+1/p-1. The molecule has 16 heavy (non-hydrogen) atoms. The van der Waals surface area contributed by atoms with E-state index in [1.54, 1.807) is 0 Å². The summed E-state index contributed by atoms with van der Waals surface area (Å²) in [7, 11) is 7.29. The fourth-order valence-corrected chi connectivity index (χ4v) is 20.0. The van der Waals surface area contributed by atoms with Gasteiger partial charge in [0.2, 0.25) is 0 Å². The van der Waals surface area contributed by atoms with Crippen LogP contribution >= 0.6 is 8.92 Å². The first-order chi connectivity index (χ1) is 7.77. The van der Waals surface area contributed by atoms with E-state index in [4.69, 9.17) is 8.92 Å². The molecule has 94 valence electrons. The summed E-state index contributed by atoms with van der Waals surface area (Å²) in [6, 6.07) is 0. The van der Waals surface area contributed by atoms with E-state index >= 15 is 0 Å². The number of hydrogen-bond donors (Lipinski definition) is 0. The predicted octanol–water partition coefficient (Wildman–Crippen LogP) is 5.86. The third-order valence-electron chi connectivity index (χ3n) is 5.11. The average Bonchev–Trinajstić information content (AvgIpc) is 2.40. The summed E-state index contributed by atoms with van der Waals surface area (Å²) in [5, 5.41) is 0. The molecular weight excluding hydrogens is 322 g/mol. The zero-order valence-corrected chi connectivity index (χ0v) is 14.4. The van der Waals surface area contributed by atoms with Crippen molar-refractivity contribution in [1.82, 2.24) is 0 Å². The minimum absolute atomic E-state index is 1.03. The Morgan fingerprint density at radius 1 is 0.812 bits per heavy atom. The molecule has 0 unspecified atom stereocenters. The fourth-order valence-electron chi connectivity index (χ4n) is 4.08. The Morgan fingerprint density at radius 2 is 1.19 bits per heavy atom. The molecule has 2 fully saturated rings. The average molecular weight is 350 g/mol. The zero-order valence-electron chi connectivity index (χ0n) is 10.8. The van der Waals surface area contributed by atoms with Gasteiger partial charge in [0, 0.05) is 0 Å². The van der Waals surface area contributed by atoms with Crippen molar-refractivity contribution >= 4 is 26.2 Å². The van der Waals surface area contributed by atoms with Crippen molar-refractivity contribution in [1.29, 1.82) is 0 Å². The van der Waals surface area contributed by atoms with Crippen molar-refractivity contribution in [2.24, 2.45) is 0 Å². The molecule has 0 aromatic heterocycles. The Bertz CT molecular complexity index is 187. The fraction of sp³-hybridized carbons (Fsp3) is 1.00. The van der Waals surface area contributed by atoms with Gasteiger partial charge in [-0.3, -0.25) is 0 Å². The first-order valence-electron chi connectivity index (χ1n) is 7.46. The molecule has 0 nitrogen and oxygen atoms in total. The summed E-state index contributed by atoms with van der Waals surface area (Å²) < 4.78 is 3.45. The molecule has 0 aromatic carbocycles. The van der Waals surface area contributed by atoms with Crippen LogP contribution in [0.3, 0.4) is 0 Å². The molecule has 0 amide bonds. The van der Waals surface area contributed by atoms with Gasteiger partial charge in [-0.2, -0.15) is 0 Å². The van der Waals surface area contributed by atoms with Crippen LogP contribution in [0.4, 0.5) is 0 Å². The van der Waals surface area contributed by atoms with Crippen LogP contribution < -0.4 is 0 Å². The van der Waals surface area contributed by atoms with E-state index < -0.39 is 17.3 Å². The summed E-state index contributed by atoms with van der Waals surface area (Å²) in [5.74, 6) is 0. The molecule has 2 aliphatic carbocycles. The maximum atomic E-state index is 7.29. The van der Waals surface area contributed by atoms with Crippen LogP contribution in [-0.4, -0.2) is 17.3 Å². The van der Waals surface area contributed by atoms with E-state index in [0.717, 1.165) is 7.87 Å². The normalized spacial score (nSPS) is 25.9. The van der Waals surface area contributed by atoms with Crippen molar-refractivity contribution in [2.75, 3.05) is 0 Å². The van der Waals surface area contributed by atoms with E-state index in [1.807, 2.05) is 0 Å². The Morgan fingerprint density at radius 3 is 1.50 bits per heavy atom. The van der Waals surface area contributed by atoms with Gasteiger partial charge in [-0.1, -0.05) is 0 Å². The molecule has 0 bridgehead atoms. The second kappa shape index (κ2) is 6.31. The van der Waals surface area contributed by atoms with Crippen LogP contribution in [-0.2, 0) is 0 Å². The quantitative estimate of drug-likeness (QED) is 0.560. The van der Waals surface area contributed by atoms with Gasteiger partial charge in [0.15, 0.2) is 0 Å². The van der Waals surface area contributed by atoms with Crippen molar-refractivity contribution in [3.8, 4) is 0 Å². The molecule has 0 aliphatic heterocycles. The molecule has 0 atom stereocenters. The Kier molecular flexibility index (Phi) is 5.33. The van der Waals surface area contributed by atoms with Gasteiger partial charge in [-0.05, 0) is 0 Å². The van der Waals surface area contributed by atoms with Crippen LogP contribution in [0.25, 0.3) is 0 Å². The molecular formula is C14H27ClSn. The SMILES string of the molecule is C[CH2][Sn]([Cl])([CH]1CCCCC1)[CH]1CCCCC1. The van der Waals surface area contributed by atoms with Crippen LogP contribution in [0.2, 0.25) is 12.3 Å². The summed E-state index contributed by atoms with van der Waals surface area (Å²) in [6.45, 7) is 2.41. The second-order valence-corrected chi connectivity index (χ2v) is 22.6. The second-order valence-electron chi connectivity index (χ2n) is 5.95. The van der Waals surface area contributed by atoms with E-state index in [9.17, 15) is 0 Å². The van der Waals surface area contributed by atoms with Crippen molar-refractivity contribution in [3.05, 3.63) is 0 Å². The third kappa shape index (κ3) is 2.91. The van der Waals surface area contributed by atoms with Crippen LogP contribution in [0.15, 0.2) is 0 Å². The Balaban J connectivity index is 2.03. The van der Waals surface area contributed by atoms with Gasteiger partial charge >= 0.3 is 110 Å². The number of hydrogen-bond acceptors (Lipinski definition) is 0. The Labute approximate surface area is 109 Å². The van der Waals surface area contributed by atoms with Crippen molar-refractivity contribution in [2.45, 2.75) is 83.4 Å². The molecule has 0 spiro atoms. The van der Waals surface area contributed by atoms with Gasteiger partial charge in [0.05, 0.1) is 0 Å². The van der Waals surface area contributed by atoms with Crippen molar-refractivity contribution < 1.29 is 0 Å².